The number of rotatable bonds is 0. The van der Waals surface area contributed by atoms with Crippen LogP contribution in [-0.4, -0.2) is 29.9 Å². The predicted octanol–water partition coefficient (Wildman–Crippen LogP) is 7.24. The van der Waals surface area contributed by atoms with E-state index in [0.717, 1.165) is 48.5 Å². The van der Waals surface area contributed by atoms with E-state index >= 15 is 0 Å². The van der Waals surface area contributed by atoms with Crippen LogP contribution in [0.25, 0.3) is 89.7 Å². The summed E-state index contributed by atoms with van der Waals surface area (Å²) in [5.74, 6) is -11.2. The third kappa shape index (κ3) is 4.57. The van der Waals surface area contributed by atoms with Gasteiger partial charge < -0.3 is 29.9 Å². The van der Waals surface area contributed by atoms with Crippen molar-refractivity contribution in [3.63, 3.8) is 0 Å². The first-order valence-corrected chi connectivity index (χ1v) is 13.7. The summed E-state index contributed by atoms with van der Waals surface area (Å²) in [4.78, 5) is 34.6. The number of fused-ring (bicyclic) bond motifs is 20. The number of aromatic nitrogens is 8. The summed E-state index contributed by atoms with van der Waals surface area (Å²) in [6.07, 6.45) is 0. The largest absolute Gasteiger partial charge is 2.00 e. The number of nitrogens with zero attached hydrogens (tertiary/aromatic N) is 8. The normalized spacial score (nSPS) is 11.9. The Morgan fingerprint density at radius 2 is 0.510 bits per heavy atom. The molecule has 17 heteroatoms. The second-order valence-electron chi connectivity index (χ2n) is 10.7. The van der Waals surface area contributed by atoms with Crippen molar-refractivity contribution < 1.29 is 52.2 Å². The maximum absolute atomic E-state index is 14.5. The second-order valence-corrected chi connectivity index (χ2v) is 10.7. The van der Waals surface area contributed by atoms with E-state index in [0.29, 0.717) is 0 Å². The molecule has 0 N–H and O–H groups in total. The molecule has 2 aliphatic heterocycles. The first-order chi connectivity index (χ1) is 23.0. The third-order valence-corrected chi connectivity index (χ3v) is 7.86. The van der Waals surface area contributed by atoms with Crippen LogP contribution in [0.4, 0.5) is 35.1 Å². The standard InChI is InChI=1S/C32H8F8N8.Cu/c33-17-1-9-10(2-18(17)34)26-41-25(9)45-27-11-3-19(35)20(36)4-12(11)29(42-27)47-31-15-7-23(39)24(40)8-16(15)32(44-31)48-30-14-6-22(38)21(37)5-13(14)28(43-30)46-26;/h1-8H;/q-2;+2. The monoisotopic (exact) mass is 719 g/mol. The van der Waals surface area contributed by atoms with E-state index in [9.17, 15) is 35.1 Å². The van der Waals surface area contributed by atoms with Gasteiger partial charge in [0.05, 0.1) is 23.3 Å². The van der Waals surface area contributed by atoms with Gasteiger partial charge in [-0.1, -0.05) is 0 Å². The molecule has 5 heterocycles. The Balaban J connectivity index is 0.00000348. The molecule has 1 radical (unpaired) electrons. The van der Waals surface area contributed by atoms with Crippen molar-refractivity contribution in [2.75, 3.05) is 0 Å². The van der Waals surface area contributed by atoms with Crippen LogP contribution in [0.3, 0.4) is 0 Å². The minimum Gasteiger partial charge on any atom is -0.357 e. The summed E-state index contributed by atoms with van der Waals surface area (Å²) in [7, 11) is 0. The molecule has 49 heavy (non-hydrogen) atoms. The van der Waals surface area contributed by atoms with E-state index in [1.807, 2.05) is 0 Å². The maximum Gasteiger partial charge on any atom is 2.00 e. The van der Waals surface area contributed by atoms with Gasteiger partial charge in [0.1, 0.15) is 0 Å². The Hall–Kier alpha value is -5.80. The summed E-state index contributed by atoms with van der Waals surface area (Å²) in [6, 6.07) is 6.35. The number of halogens is 8. The molecule has 243 valence electrons. The van der Waals surface area contributed by atoms with Gasteiger partial charge in [0.25, 0.3) is 0 Å². The van der Waals surface area contributed by atoms with Gasteiger partial charge in [-0.2, -0.15) is 0 Å². The van der Waals surface area contributed by atoms with Crippen molar-refractivity contribution in [2.24, 2.45) is 0 Å². The van der Waals surface area contributed by atoms with Crippen molar-refractivity contribution in [2.45, 2.75) is 0 Å². The Bertz CT molecular complexity index is 2430. The van der Waals surface area contributed by atoms with E-state index in [4.69, 9.17) is 0 Å². The summed E-state index contributed by atoms with van der Waals surface area (Å²) < 4.78 is 116. The fourth-order valence-corrected chi connectivity index (χ4v) is 5.63. The second kappa shape index (κ2) is 10.6. The summed E-state index contributed by atoms with van der Waals surface area (Å²) in [6.45, 7) is 0. The van der Waals surface area contributed by atoms with E-state index in [1.54, 1.807) is 0 Å². The molecule has 0 aliphatic carbocycles. The Labute approximate surface area is 276 Å². The van der Waals surface area contributed by atoms with E-state index in [1.165, 1.54) is 0 Å². The molecule has 0 fully saturated rings. The maximum atomic E-state index is 14.5. The molecule has 2 aliphatic rings. The predicted molar refractivity (Wildman–Crippen MR) is 154 cm³/mol. The molecule has 8 nitrogen and oxygen atoms in total. The van der Waals surface area contributed by atoms with Crippen LogP contribution in [0.5, 0.6) is 0 Å². The minimum atomic E-state index is -1.27. The van der Waals surface area contributed by atoms with Crippen LogP contribution in [0.2, 0.25) is 0 Å². The van der Waals surface area contributed by atoms with Crippen molar-refractivity contribution in [3.8, 4) is 45.6 Å². The SMILES string of the molecule is Fc1cc2c(cc1F)-c1nc-2nc2[n-]c(nc3nc(nc4[n-]c(n1)c1cc(F)c(F)cc41)-c1cc(F)c(F)cc1-3)c1cc(F)c(F)cc21.[Cu+2]. The van der Waals surface area contributed by atoms with Gasteiger partial charge in [0.15, 0.2) is 46.5 Å². The molecular formula is C32H8CuF8N8. The Morgan fingerprint density at radius 3 is 0.735 bits per heavy atom. The van der Waals surface area contributed by atoms with Gasteiger partial charge in [-0.3, -0.25) is 0 Å². The van der Waals surface area contributed by atoms with Gasteiger partial charge in [-0.15, -0.1) is 0 Å². The molecule has 3 aromatic heterocycles. The van der Waals surface area contributed by atoms with Crippen LogP contribution in [0.15, 0.2) is 48.5 Å². The van der Waals surface area contributed by atoms with Crippen LogP contribution >= 0.6 is 0 Å². The fourth-order valence-electron chi connectivity index (χ4n) is 5.63. The molecule has 7 aromatic rings. The van der Waals surface area contributed by atoms with Gasteiger partial charge in [-0.25, -0.2) is 45.1 Å². The molecule has 0 saturated heterocycles. The Kier molecular flexibility index (Phi) is 6.60. The zero-order valence-corrected chi connectivity index (χ0v) is 24.5. The Morgan fingerprint density at radius 1 is 0.306 bits per heavy atom. The molecule has 0 spiro atoms. The minimum absolute atomic E-state index is 0. The van der Waals surface area contributed by atoms with Crippen molar-refractivity contribution in [1.82, 2.24) is 39.9 Å². The first-order valence-electron chi connectivity index (χ1n) is 13.7. The third-order valence-electron chi connectivity index (χ3n) is 7.86. The fraction of sp³-hybridized carbons (Fsp3) is 0. The molecular weight excluding hydrogens is 712 g/mol. The van der Waals surface area contributed by atoms with Gasteiger partial charge >= 0.3 is 17.1 Å². The van der Waals surface area contributed by atoms with Crippen LogP contribution in [0.1, 0.15) is 0 Å². The smallest absolute Gasteiger partial charge is 0.357 e. The molecule has 0 amide bonds. The number of hydrogen-bond donors (Lipinski definition) is 0. The average molecular weight is 720 g/mol. The van der Waals surface area contributed by atoms with Crippen molar-refractivity contribution in [1.29, 1.82) is 0 Å². The van der Waals surface area contributed by atoms with Crippen LogP contribution in [-0.2, 0) is 17.1 Å². The number of benzene rings is 4. The quantitative estimate of drug-likeness (QED) is 0.119. The van der Waals surface area contributed by atoms with Crippen LogP contribution < -0.4 is 9.97 Å². The van der Waals surface area contributed by atoms with Gasteiger partial charge in [-0.05, 0) is 70.1 Å². The first kappa shape index (κ1) is 30.5. The summed E-state index contributed by atoms with van der Waals surface area (Å²) >= 11 is 0. The number of hydrogen-bond acceptors (Lipinski definition) is 6. The molecule has 8 bridgehead atoms. The van der Waals surface area contributed by atoms with E-state index in [-0.39, 0.29) is 107 Å². The molecule has 0 saturated carbocycles. The molecule has 9 rings (SSSR count). The summed E-state index contributed by atoms with van der Waals surface area (Å²) in [5.41, 5.74) is -1.40. The van der Waals surface area contributed by atoms with Crippen molar-refractivity contribution >= 4 is 44.1 Å². The summed E-state index contributed by atoms with van der Waals surface area (Å²) in [5, 5.41) is -0.287. The van der Waals surface area contributed by atoms with Gasteiger partial charge in [0, 0.05) is 44.8 Å². The van der Waals surface area contributed by atoms with Crippen molar-refractivity contribution in [3.05, 3.63) is 95.1 Å². The zero-order valence-electron chi connectivity index (χ0n) is 23.5. The molecule has 4 aromatic carbocycles. The average Bonchev–Trinajstić information content (AvgIpc) is 3.74. The molecule has 0 unspecified atom stereocenters. The van der Waals surface area contributed by atoms with Crippen LogP contribution in [0, 0.1) is 46.5 Å². The topological polar surface area (TPSA) is 106 Å². The van der Waals surface area contributed by atoms with Gasteiger partial charge in [0.2, 0.25) is 0 Å². The molecule has 0 atom stereocenters. The zero-order chi connectivity index (χ0) is 33.2. The van der Waals surface area contributed by atoms with E-state index < -0.39 is 46.5 Å². The van der Waals surface area contributed by atoms with E-state index in [2.05, 4.69) is 39.9 Å².